The van der Waals surface area contributed by atoms with Gasteiger partial charge in [-0.15, -0.1) is 0 Å². The fourth-order valence-corrected chi connectivity index (χ4v) is 7.69. The van der Waals surface area contributed by atoms with Gasteiger partial charge in [-0.2, -0.15) is 0 Å². The molecule has 0 atom stereocenters. The van der Waals surface area contributed by atoms with Crippen LogP contribution in [-0.4, -0.2) is 0 Å². The first-order valence-electron chi connectivity index (χ1n) is 16.2. The van der Waals surface area contributed by atoms with Crippen LogP contribution in [0.5, 0.6) is 11.5 Å². The summed E-state index contributed by atoms with van der Waals surface area (Å²) in [7, 11) is 0. The second-order valence-electron chi connectivity index (χ2n) is 12.5. The van der Waals surface area contributed by atoms with Crippen molar-refractivity contribution in [1.82, 2.24) is 0 Å². The number of hydrogen-bond acceptors (Lipinski definition) is 1. The number of rotatable bonds is 3. The highest BCUT2D eigenvalue weighted by Crippen LogP contribution is 2.50. The van der Waals surface area contributed by atoms with Crippen LogP contribution in [0.3, 0.4) is 0 Å². The minimum Gasteiger partial charge on any atom is -0.456 e. The van der Waals surface area contributed by atoms with Crippen molar-refractivity contribution in [1.29, 1.82) is 0 Å². The summed E-state index contributed by atoms with van der Waals surface area (Å²) >= 11 is 0. The third kappa shape index (κ3) is 4.03. The molecule has 0 spiro atoms. The summed E-state index contributed by atoms with van der Waals surface area (Å²) < 4.78 is 6.46. The Morgan fingerprint density at radius 1 is 0.298 bits per heavy atom. The molecule has 47 heavy (non-hydrogen) atoms. The highest BCUT2D eigenvalue weighted by atomic mass is 16.5. The SMILES string of the molecule is c1cc(-c2ccc3ccccc3c2)cc(-c2c3ccccc3c(-c3ccc4c(c3)-c3cccc5cccc(c35)O4)c3ccccc23)c1. The van der Waals surface area contributed by atoms with Gasteiger partial charge in [0.25, 0.3) is 0 Å². The predicted molar refractivity (Wildman–Crippen MR) is 198 cm³/mol. The Morgan fingerprint density at radius 3 is 1.60 bits per heavy atom. The molecule has 1 aliphatic rings. The highest BCUT2D eigenvalue weighted by molar-refractivity contribution is 6.22. The summed E-state index contributed by atoms with van der Waals surface area (Å²) in [4.78, 5) is 0. The van der Waals surface area contributed by atoms with Crippen molar-refractivity contribution in [2.75, 3.05) is 0 Å². The van der Waals surface area contributed by atoms with E-state index in [9.17, 15) is 0 Å². The monoisotopic (exact) mass is 596 g/mol. The molecule has 1 heterocycles. The van der Waals surface area contributed by atoms with E-state index in [1.165, 1.54) is 82.0 Å². The molecule has 0 bridgehead atoms. The zero-order valence-electron chi connectivity index (χ0n) is 25.6. The maximum absolute atomic E-state index is 6.46. The van der Waals surface area contributed by atoms with Gasteiger partial charge in [-0.25, -0.2) is 0 Å². The van der Waals surface area contributed by atoms with Crippen molar-refractivity contribution >= 4 is 43.1 Å². The van der Waals surface area contributed by atoms with Crippen LogP contribution in [0.1, 0.15) is 0 Å². The molecule has 0 unspecified atom stereocenters. The van der Waals surface area contributed by atoms with E-state index in [4.69, 9.17) is 4.74 Å². The second-order valence-corrected chi connectivity index (χ2v) is 12.5. The molecule has 0 saturated heterocycles. The molecule has 0 radical (unpaired) electrons. The van der Waals surface area contributed by atoms with E-state index < -0.39 is 0 Å². The van der Waals surface area contributed by atoms with Crippen LogP contribution in [-0.2, 0) is 0 Å². The Labute approximate surface area is 272 Å². The first kappa shape index (κ1) is 26.1. The Morgan fingerprint density at radius 2 is 0.851 bits per heavy atom. The summed E-state index contributed by atoms with van der Waals surface area (Å²) in [6.07, 6.45) is 0. The molecular formula is C46H28O. The quantitative estimate of drug-likeness (QED) is 0.184. The number of fused-ring (bicyclic) bond motifs is 5. The lowest BCUT2D eigenvalue weighted by Gasteiger charge is -2.23. The van der Waals surface area contributed by atoms with Crippen LogP contribution >= 0.6 is 0 Å². The molecule has 0 amide bonds. The topological polar surface area (TPSA) is 9.23 Å². The maximum atomic E-state index is 6.46. The van der Waals surface area contributed by atoms with Gasteiger partial charge in [0.15, 0.2) is 0 Å². The molecule has 9 aromatic rings. The third-order valence-electron chi connectivity index (χ3n) is 9.81. The van der Waals surface area contributed by atoms with Crippen molar-refractivity contribution in [3.63, 3.8) is 0 Å². The van der Waals surface area contributed by atoms with Crippen molar-refractivity contribution in [2.24, 2.45) is 0 Å². The van der Waals surface area contributed by atoms with Crippen molar-refractivity contribution in [3.8, 4) is 56.0 Å². The fourth-order valence-electron chi connectivity index (χ4n) is 7.69. The minimum absolute atomic E-state index is 0.899. The molecular weight excluding hydrogens is 569 g/mol. The Hall–Kier alpha value is -6.18. The molecule has 1 heteroatoms. The van der Waals surface area contributed by atoms with Gasteiger partial charge in [-0.05, 0) is 107 Å². The van der Waals surface area contributed by atoms with Gasteiger partial charge < -0.3 is 4.74 Å². The molecule has 0 saturated carbocycles. The zero-order valence-corrected chi connectivity index (χ0v) is 25.6. The van der Waals surface area contributed by atoms with Gasteiger partial charge in [-0.3, -0.25) is 0 Å². The lowest BCUT2D eigenvalue weighted by Crippen LogP contribution is -1.98. The molecule has 9 aromatic carbocycles. The molecule has 218 valence electrons. The lowest BCUT2D eigenvalue weighted by molar-refractivity contribution is 0.487. The Bertz CT molecular complexity index is 2650. The standard InChI is InChI=1S/C46H28O/c1-2-11-31-26-33(23-22-29(31)10-1)32-14-7-15-34(27-32)44-36-16-3-5-18-38(36)45(39-19-6-4-17-37(39)44)35-24-25-42-41(28-35)40-20-8-12-30-13-9-21-43(47-42)46(30)40/h1-28H. The summed E-state index contributed by atoms with van der Waals surface area (Å²) in [5.74, 6) is 1.82. The molecule has 0 aliphatic carbocycles. The number of hydrogen-bond donors (Lipinski definition) is 0. The zero-order chi connectivity index (χ0) is 30.9. The average molecular weight is 597 g/mol. The number of ether oxygens (including phenoxy) is 1. The molecule has 1 nitrogen and oxygen atoms in total. The van der Waals surface area contributed by atoms with Crippen LogP contribution in [0.4, 0.5) is 0 Å². The van der Waals surface area contributed by atoms with E-state index >= 15 is 0 Å². The maximum Gasteiger partial charge on any atom is 0.135 e. The van der Waals surface area contributed by atoms with Crippen LogP contribution in [0.25, 0.3) is 87.6 Å². The van der Waals surface area contributed by atoms with Crippen LogP contribution in [0.15, 0.2) is 170 Å². The number of benzene rings is 9. The minimum atomic E-state index is 0.899. The van der Waals surface area contributed by atoms with Gasteiger partial charge in [0.1, 0.15) is 11.5 Å². The van der Waals surface area contributed by atoms with E-state index in [-0.39, 0.29) is 0 Å². The summed E-state index contributed by atoms with van der Waals surface area (Å²) in [5.41, 5.74) is 9.72. The smallest absolute Gasteiger partial charge is 0.135 e. The normalized spacial score (nSPS) is 12.0. The molecule has 0 fully saturated rings. The van der Waals surface area contributed by atoms with Crippen molar-refractivity contribution < 1.29 is 4.74 Å². The average Bonchev–Trinajstić information content (AvgIpc) is 3.14. The van der Waals surface area contributed by atoms with Crippen LogP contribution < -0.4 is 4.74 Å². The van der Waals surface area contributed by atoms with E-state index in [1.54, 1.807) is 0 Å². The van der Waals surface area contributed by atoms with E-state index in [1.807, 2.05) is 0 Å². The van der Waals surface area contributed by atoms with Gasteiger partial charge >= 0.3 is 0 Å². The summed E-state index contributed by atoms with van der Waals surface area (Å²) in [6, 6.07) is 61.6. The molecule has 0 aromatic heterocycles. The Balaban J connectivity index is 1.20. The fraction of sp³-hybridized carbons (Fsp3) is 0. The Kier molecular flexibility index (Phi) is 5.64. The first-order valence-corrected chi connectivity index (χ1v) is 16.2. The predicted octanol–water partition coefficient (Wildman–Crippen LogP) is 13.1. The van der Waals surface area contributed by atoms with Crippen LogP contribution in [0, 0.1) is 0 Å². The van der Waals surface area contributed by atoms with E-state index in [0.717, 1.165) is 17.1 Å². The summed E-state index contributed by atoms with van der Waals surface area (Å²) in [5, 5.41) is 9.87. The lowest BCUT2D eigenvalue weighted by atomic mass is 9.84. The van der Waals surface area contributed by atoms with Gasteiger partial charge in [0, 0.05) is 10.9 Å². The largest absolute Gasteiger partial charge is 0.456 e. The van der Waals surface area contributed by atoms with Gasteiger partial charge in [0.2, 0.25) is 0 Å². The van der Waals surface area contributed by atoms with Gasteiger partial charge in [0.05, 0.1) is 0 Å². The van der Waals surface area contributed by atoms with Crippen molar-refractivity contribution in [2.45, 2.75) is 0 Å². The van der Waals surface area contributed by atoms with Crippen molar-refractivity contribution in [3.05, 3.63) is 170 Å². The van der Waals surface area contributed by atoms with Gasteiger partial charge in [-0.1, -0.05) is 140 Å². The van der Waals surface area contributed by atoms with Crippen LogP contribution in [0.2, 0.25) is 0 Å². The second kappa shape index (κ2) is 10.2. The third-order valence-corrected chi connectivity index (χ3v) is 9.81. The first-order chi connectivity index (χ1) is 23.3. The highest BCUT2D eigenvalue weighted by Gasteiger charge is 2.22. The molecule has 10 rings (SSSR count). The van der Waals surface area contributed by atoms with E-state index in [2.05, 4.69) is 170 Å². The molecule has 0 N–H and O–H groups in total. The van der Waals surface area contributed by atoms with E-state index in [0.29, 0.717) is 0 Å². The summed E-state index contributed by atoms with van der Waals surface area (Å²) in [6.45, 7) is 0. The molecule has 1 aliphatic heterocycles.